The van der Waals surface area contributed by atoms with E-state index in [4.69, 9.17) is 5.73 Å². The second-order valence-corrected chi connectivity index (χ2v) is 3.76. The van der Waals surface area contributed by atoms with Crippen LogP contribution in [0.25, 0.3) is 0 Å². The Bertz CT molecular complexity index is 521. The third-order valence-corrected chi connectivity index (χ3v) is 2.55. The monoisotopic (exact) mass is 234 g/mol. The molecule has 0 bridgehead atoms. The maximum atomic E-state index is 13.7. The SMILES string of the molecule is CCN(c1ccccc1F)c1nc(C)[nH]c1N. The molecule has 2 rings (SSSR count). The summed E-state index contributed by atoms with van der Waals surface area (Å²) in [5, 5.41) is 0. The molecule has 4 nitrogen and oxygen atoms in total. The van der Waals surface area contributed by atoms with Gasteiger partial charge in [0.25, 0.3) is 0 Å². The second-order valence-electron chi connectivity index (χ2n) is 3.76. The molecule has 0 atom stereocenters. The van der Waals surface area contributed by atoms with E-state index >= 15 is 0 Å². The molecule has 5 heteroatoms. The zero-order valence-electron chi connectivity index (χ0n) is 9.87. The molecule has 0 saturated carbocycles. The molecule has 1 heterocycles. The summed E-state index contributed by atoms with van der Waals surface area (Å²) in [6.45, 7) is 4.33. The quantitative estimate of drug-likeness (QED) is 0.858. The van der Waals surface area contributed by atoms with E-state index in [-0.39, 0.29) is 5.82 Å². The van der Waals surface area contributed by atoms with Crippen molar-refractivity contribution in [2.24, 2.45) is 0 Å². The van der Waals surface area contributed by atoms with Gasteiger partial charge in [-0.2, -0.15) is 0 Å². The zero-order valence-corrected chi connectivity index (χ0v) is 9.87. The first-order chi connectivity index (χ1) is 8.13. The van der Waals surface area contributed by atoms with E-state index in [2.05, 4.69) is 9.97 Å². The predicted molar refractivity (Wildman–Crippen MR) is 66.8 cm³/mol. The number of aromatic nitrogens is 2. The largest absolute Gasteiger partial charge is 0.382 e. The van der Waals surface area contributed by atoms with Crippen LogP contribution in [0.4, 0.5) is 21.7 Å². The number of anilines is 3. The van der Waals surface area contributed by atoms with Crippen molar-refractivity contribution in [3.8, 4) is 0 Å². The maximum Gasteiger partial charge on any atom is 0.175 e. The van der Waals surface area contributed by atoms with Crippen molar-refractivity contribution in [1.82, 2.24) is 9.97 Å². The molecule has 0 aliphatic heterocycles. The molecule has 0 amide bonds. The Morgan fingerprint density at radius 3 is 2.65 bits per heavy atom. The minimum absolute atomic E-state index is 0.283. The maximum absolute atomic E-state index is 13.7. The number of benzene rings is 1. The molecular formula is C12H15FN4. The highest BCUT2D eigenvalue weighted by molar-refractivity contribution is 5.69. The van der Waals surface area contributed by atoms with Gasteiger partial charge in [0.2, 0.25) is 0 Å². The van der Waals surface area contributed by atoms with Crippen LogP contribution in [0.15, 0.2) is 24.3 Å². The molecule has 0 aliphatic carbocycles. The fourth-order valence-electron chi connectivity index (χ4n) is 1.81. The zero-order chi connectivity index (χ0) is 12.4. The number of nitrogens with one attached hydrogen (secondary N) is 1. The van der Waals surface area contributed by atoms with Crippen molar-refractivity contribution in [2.75, 3.05) is 17.2 Å². The van der Waals surface area contributed by atoms with Crippen molar-refractivity contribution in [3.05, 3.63) is 35.9 Å². The Morgan fingerprint density at radius 2 is 2.12 bits per heavy atom. The molecule has 0 fully saturated rings. The van der Waals surface area contributed by atoms with Crippen LogP contribution in [-0.4, -0.2) is 16.5 Å². The average Bonchev–Trinajstić information content (AvgIpc) is 2.62. The molecule has 1 aromatic heterocycles. The summed E-state index contributed by atoms with van der Waals surface area (Å²) >= 11 is 0. The molecule has 0 aliphatic rings. The molecular weight excluding hydrogens is 219 g/mol. The van der Waals surface area contributed by atoms with Crippen molar-refractivity contribution >= 4 is 17.3 Å². The van der Waals surface area contributed by atoms with Crippen LogP contribution < -0.4 is 10.6 Å². The van der Waals surface area contributed by atoms with E-state index in [0.29, 0.717) is 29.7 Å². The summed E-state index contributed by atoms with van der Waals surface area (Å²) in [5.74, 6) is 1.45. The number of para-hydroxylation sites is 1. The summed E-state index contributed by atoms with van der Waals surface area (Å²) in [6.07, 6.45) is 0. The van der Waals surface area contributed by atoms with E-state index in [0.717, 1.165) is 0 Å². The normalized spacial score (nSPS) is 10.5. The van der Waals surface area contributed by atoms with Gasteiger partial charge in [-0.25, -0.2) is 9.37 Å². The van der Waals surface area contributed by atoms with E-state index in [1.807, 2.05) is 13.8 Å². The Hall–Kier alpha value is -2.04. The van der Waals surface area contributed by atoms with Gasteiger partial charge in [0.15, 0.2) is 5.82 Å². The van der Waals surface area contributed by atoms with Crippen molar-refractivity contribution in [2.45, 2.75) is 13.8 Å². The first-order valence-electron chi connectivity index (χ1n) is 5.47. The smallest absolute Gasteiger partial charge is 0.175 e. The predicted octanol–water partition coefficient (Wildman–Crippen LogP) is 2.60. The molecule has 1 aromatic carbocycles. The number of imidazole rings is 1. The van der Waals surface area contributed by atoms with Gasteiger partial charge < -0.3 is 15.6 Å². The highest BCUT2D eigenvalue weighted by atomic mass is 19.1. The van der Waals surface area contributed by atoms with Crippen molar-refractivity contribution in [1.29, 1.82) is 0 Å². The van der Waals surface area contributed by atoms with E-state index in [9.17, 15) is 4.39 Å². The number of nitrogens with two attached hydrogens (primary N) is 1. The fourth-order valence-corrected chi connectivity index (χ4v) is 1.81. The highest BCUT2D eigenvalue weighted by Gasteiger charge is 2.17. The minimum atomic E-state index is -0.283. The first-order valence-corrected chi connectivity index (χ1v) is 5.47. The van der Waals surface area contributed by atoms with Gasteiger partial charge in [0.05, 0.1) is 5.69 Å². The number of aryl methyl sites for hydroxylation is 1. The van der Waals surface area contributed by atoms with Crippen LogP contribution in [0.2, 0.25) is 0 Å². The Labute approximate surface area is 99.3 Å². The van der Waals surface area contributed by atoms with Gasteiger partial charge in [-0.05, 0) is 26.0 Å². The molecule has 0 saturated heterocycles. The Kier molecular flexibility index (Phi) is 2.99. The van der Waals surface area contributed by atoms with Crippen LogP contribution >= 0.6 is 0 Å². The van der Waals surface area contributed by atoms with E-state index < -0.39 is 0 Å². The number of rotatable bonds is 3. The number of H-pyrrole nitrogens is 1. The minimum Gasteiger partial charge on any atom is -0.382 e. The van der Waals surface area contributed by atoms with Gasteiger partial charge in [-0.15, -0.1) is 0 Å². The Balaban J connectivity index is 2.47. The highest BCUT2D eigenvalue weighted by Crippen LogP contribution is 2.29. The third-order valence-electron chi connectivity index (χ3n) is 2.55. The molecule has 2 aromatic rings. The number of hydrogen-bond donors (Lipinski definition) is 2. The lowest BCUT2D eigenvalue weighted by molar-refractivity contribution is 0.625. The van der Waals surface area contributed by atoms with Crippen LogP contribution in [0, 0.1) is 12.7 Å². The number of hydrogen-bond acceptors (Lipinski definition) is 3. The average molecular weight is 234 g/mol. The van der Waals surface area contributed by atoms with Crippen LogP contribution in [0.1, 0.15) is 12.7 Å². The number of nitrogens with zero attached hydrogens (tertiary/aromatic N) is 2. The number of aromatic amines is 1. The lowest BCUT2D eigenvalue weighted by Gasteiger charge is -2.21. The molecule has 0 unspecified atom stereocenters. The second kappa shape index (κ2) is 4.45. The summed E-state index contributed by atoms with van der Waals surface area (Å²) in [4.78, 5) is 8.94. The van der Waals surface area contributed by atoms with Gasteiger partial charge in [-0.3, -0.25) is 0 Å². The first kappa shape index (κ1) is 11.4. The third kappa shape index (κ3) is 2.08. The van der Waals surface area contributed by atoms with E-state index in [1.165, 1.54) is 6.07 Å². The van der Waals surface area contributed by atoms with Gasteiger partial charge in [0, 0.05) is 6.54 Å². The standard InChI is InChI=1S/C12H15FN4/c1-3-17(10-7-5-4-6-9(10)13)12-11(14)15-8(2)16-12/h4-7H,3,14H2,1-2H3,(H,15,16). The van der Waals surface area contributed by atoms with Crippen molar-refractivity contribution in [3.63, 3.8) is 0 Å². The molecule has 90 valence electrons. The molecule has 17 heavy (non-hydrogen) atoms. The van der Waals surface area contributed by atoms with Crippen molar-refractivity contribution < 1.29 is 4.39 Å². The number of halogens is 1. The Morgan fingerprint density at radius 1 is 1.41 bits per heavy atom. The molecule has 3 N–H and O–H groups in total. The van der Waals surface area contributed by atoms with Gasteiger partial charge in [0.1, 0.15) is 17.5 Å². The van der Waals surface area contributed by atoms with Crippen LogP contribution in [0.5, 0.6) is 0 Å². The lowest BCUT2D eigenvalue weighted by atomic mass is 10.2. The summed E-state index contributed by atoms with van der Waals surface area (Å²) in [6, 6.07) is 6.58. The topological polar surface area (TPSA) is 57.9 Å². The van der Waals surface area contributed by atoms with Crippen LogP contribution in [0.3, 0.4) is 0 Å². The fraction of sp³-hybridized carbons (Fsp3) is 0.250. The summed E-state index contributed by atoms with van der Waals surface area (Å²) in [5.41, 5.74) is 6.30. The van der Waals surface area contributed by atoms with Gasteiger partial charge >= 0.3 is 0 Å². The molecule has 0 radical (unpaired) electrons. The lowest BCUT2D eigenvalue weighted by Crippen LogP contribution is -2.19. The van der Waals surface area contributed by atoms with Crippen LogP contribution in [-0.2, 0) is 0 Å². The number of nitrogen functional groups attached to an aromatic ring is 1. The summed E-state index contributed by atoms with van der Waals surface area (Å²) in [7, 11) is 0. The van der Waals surface area contributed by atoms with E-state index in [1.54, 1.807) is 23.1 Å². The molecule has 0 spiro atoms. The summed E-state index contributed by atoms with van der Waals surface area (Å²) < 4.78 is 13.7. The van der Waals surface area contributed by atoms with Gasteiger partial charge in [-0.1, -0.05) is 12.1 Å².